The monoisotopic (exact) mass is 404 g/mol. The van der Waals surface area contributed by atoms with E-state index >= 15 is 0 Å². The van der Waals surface area contributed by atoms with Gasteiger partial charge in [-0.1, -0.05) is 0 Å². The van der Waals surface area contributed by atoms with Gasteiger partial charge >= 0.3 is 18.4 Å². The number of aromatic nitrogens is 1. The highest BCUT2D eigenvalue weighted by molar-refractivity contribution is 6.03. The number of ether oxygens (including phenoxy) is 1. The predicted molar refractivity (Wildman–Crippen MR) is 85.0 cm³/mol. The van der Waals surface area contributed by atoms with Gasteiger partial charge in [-0.3, -0.25) is 10.1 Å². The second-order valence-corrected chi connectivity index (χ2v) is 5.60. The molecule has 0 saturated heterocycles. The number of halogens is 6. The third-order valence-electron chi connectivity index (χ3n) is 3.67. The Morgan fingerprint density at radius 1 is 1.00 bits per heavy atom. The summed E-state index contributed by atoms with van der Waals surface area (Å²) in [5, 5.41) is 2.05. The summed E-state index contributed by atoms with van der Waals surface area (Å²) < 4.78 is 87.6. The number of methoxy groups -OCH3 is 1. The van der Waals surface area contributed by atoms with Crippen molar-refractivity contribution in [3.05, 3.63) is 53.1 Å². The van der Waals surface area contributed by atoms with Gasteiger partial charge in [0.05, 0.1) is 18.2 Å². The number of rotatable bonds is 3. The van der Waals surface area contributed by atoms with Gasteiger partial charge in [-0.25, -0.2) is 0 Å². The first-order chi connectivity index (χ1) is 13.0. The van der Waals surface area contributed by atoms with Gasteiger partial charge < -0.3 is 9.15 Å². The average Bonchev–Trinajstić information content (AvgIpc) is 3.00. The minimum Gasteiger partial charge on any atom is -0.497 e. The van der Waals surface area contributed by atoms with Gasteiger partial charge in [0.1, 0.15) is 11.3 Å². The van der Waals surface area contributed by atoms with E-state index in [4.69, 9.17) is 9.15 Å². The number of hydrogen-bond acceptors (Lipinski definition) is 4. The van der Waals surface area contributed by atoms with Crippen molar-refractivity contribution in [1.82, 2.24) is 4.98 Å². The maximum absolute atomic E-state index is 12.9. The first-order valence-corrected chi connectivity index (χ1v) is 7.53. The summed E-state index contributed by atoms with van der Waals surface area (Å²) >= 11 is 0. The number of carbonyl (C=O) groups is 1. The molecule has 1 amide bonds. The number of nitrogens with zero attached hydrogens (tertiary/aromatic N) is 1. The number of anilines is 1. The summed E-state index contributed by atoms with van der Waals surface area (Å²) in [6.07, 6.45) is -10.1. The minimum absolute atomic E-state index is 0.0670. The van der Waals surface area contributed by atoms with Gasteiger partial charge in [-0.05, 0) is 30.3 Å². The van der Waals surface area contributed by atoms with Crippen LogP contribution in [0.5, 0.6) is 5.75 Å². The molecule has 2 aromatic carbocycles. The zero-order chi connectivity index (χ0) is 20.7. The number of nitrogens with one attached hydrogen (secondary N) is 1. The lowest BCUT2D eigenvalue weighted by Gasteiger charge is -2.13. The van der Waals surface area contributed by atoms with E-state index in [1.54, 1.807) is 6.07 Å². The zero-order valence-electron chi connectivity index (χ0n) is 13.9. The molecule has 11 heteroatoms. The minimum atomic E-state index is -5.07. The van der Waals surface area contributed by atoms with Crippen LogP contribution < -0.4 is 10.1 Å². The first-order valence-electron chi connectivity index (χ1n) is 7.53. The van der Waals surface area contributed by atoms with Gasteiger partial charge in [0.2, 0.25) is 0 Å². The summed E-state index contributed by atoms with van der Waals surface area (Å²) in [6, 6.07) is 4.67. The molecular formula is C17H10F6N2O3. The molecule has 1 heterocycles. The number of hydrogen-bond donors (Lipinski definition) is 1. The third-order valence-corrected chi connectivity index (χ3v) is 3.67. The molecule has 0 saturated carbocycles. The lowest BCUT2D eigenvalue weighted by Crippen LogP contribution is -2.17. The van der Waals surface area contributed by atoms with Crippen LogP contribution in [0.15, 0.2) is 40.8 Å². The van der Waals surface area contributed by atoms with Crippen LogP contribution in [0.2, 0.25) is 0 Å². The SMILES string of the molecule is COc1ccc2oc(NC(=O)c3cc(C(F)(F)F)cc(C(F)(F)F)c3)nc2c1. The molecule has 0 unspecified atom stereocenters. The van der Waals surface area contributed by atoms with Crippen LogP contribution in [0, 0.1) is 0 Å². The second kappa shape index (κ2) is 6.73. The Hall–Kier alpha value is -3.24. The van der Waals surface area contributed by atoms with E-state index < -0.39 is 35.0 Å². The summed E-state index contributed by atoms with van der Waals surface area (Å²) in [5.74, 6) is -0.804. The molecule has 0 bridgehead atoms. The van der Waals surface area contributed by atoms with Crippen LogP contribution >= 0.6 is 0 Å². The third kappa shape index (κ3) is 4.02. The van der Waals surface area contributed by atoms with Crippen molar-refractivity contribution in [2.45, 2.75) is 12.4 Å². The van der Waals surface area contributed by atoms with Crippen LogP contribution in [-0.2, 0) is 12.4 Å². The van der Waals surface area contributed by atoms with Crippen LogP contribution in [0.3, 0.4) is 0 Å². The van der Waals surface area contributed by atoms with E-state index in [9.17, 15) is 31.1 Å². The zero-order valence-corrected chi connectivity index (χ0v) is 13.9. The predicted octanol–water partition coefficient (Wildman–Crippen LogP) is 5.13. The number of carbonyl (C=O) groups excluding carboxylic acids is 1. The smallest absolute Gasteiger partial charge is 0.416 e. The molecule has 148 valence electrons. The Balaban J connectivity index is 1.95. The molecule has 0 atom stereocenters. The van der Waals surface area contributed by atoms with E-state index in [1.807, 2.05) is 0 Å². The average molecular weight is 404 g/mol. The highest BCUT2D eigenvalue weighted by Crippen LogP contribution is 2.36. The Bertz CT molecular complexity index is 1010. The fraction of sp³-hybridized carbons (Fsp3) is 0.176. The van der Waals surface area contributed by atoms with Crippen LogP contribution in [0.1, 0.15) is 21.5 Å². The number of oxazole rings is 1. The fourth-order valence-corrected chi connectivity index (χ4v) is 2.34. The number of alkyl halides is 6. The molecule has 3 aromatic rings. The van der Waals surface area contributed by atoms with Crippen molar-refractivity contribution in [1.29, 1.82) is 0 Å². The van der Waals surface area contributed by atoms with Gasteiger partial charge in [-0.15, -0.1) is 0 Å². The van der Waals surface area contributed by atoms with E-state index in [2.05, 4.69) is 10.3 Å². The maximum Gasteiger partial charge on any atom is 0.416 e. The topological polar surface area (TPSA) is 64.4 Å². The summed E-state index contributed by atoms with van der Waals surface area (Å²) in [7, 11) is 1.41. The fourth-order valence-electron chi connectivity index (χ4n) is 2.34. The summed E-state index contributed by atoms with van der Waals surface area (Å²) in [5.41, 5.74) is -3.54. The van der Waals surface area contributed by atoms with E-state index in [-0.39, 0.29) is 23.2 Å². The molecule has 3 rings (SSSR count). The standard InChI is InChI=1S/C17H10F6N2O3/c1-27-11-2-3-13-12(7-11)24-15(28-13)25-14(26)8-4-9(16(18,19)20)6-10(5-8)17(21,22)23/h2-7H,1H3,(H,24,25,26). The lowest BCUT2D eigenvalue weighted by atomic mass is 10.0. The molecule has 0 aliphatic carbocycles. The number of benzene rings is 2. The molecule has 5 nitrogen and oxygen atoms in total. The molecular weight excluding hydrogens is 394 g/mol. The molecule has 1 aromatic heterocycles. The van der Waals surface area contributed by atoms with Crippen LogP contribution in [-0.4, -0.2) is 18.0 Å². The summed E-state index contributed by atoms with van der Waals surface area (Å²) in [6.45, 7) is 0. The van der Waals surface area contributed by atoms with Gasteiger partial charge in [-0.2, -0.15) is 31.3 Å². The Morgan fingerprint density at radius 3 is 2.14 bits per heavy atom. The van der Waals surface area contributed by atoms with Gasteiger partial charge in [0.15, 0.2) is 5.58 Å². The van der Waals surface area contributed by atoms with Gasteiger partial charge in [0, 0.05) is 11.6 Å². The maximum atomic E-state index is 12.9. The first kappa shape index (κ1) is 19.5. The van der Waals surface area contributed by atoms with Crippen molar-refractivity contribution in [2.24, 2.45) is 0 Å². The second-order valence-electron chi connectivity index (χ2n) is 5.60. The largest absolute Gasteiger partial charge is 0.497 e. The Morgan fingerprint density at radius 2 is 1.61 bits per heavy atom. The molecule has 28 heavy (non-hydrogen) atoms. The lowest BCUT2D eigenvalue weighted by molar-refractivity contribution is -0.143. The molecule has 0 aliphatic heterocycles. The van der Waals surface area contributed by atoms with Crippen molar-refractivity contribution >= 4 is 23.0 Å². The highest BCUT2D eigenvalue weighted by atomic mass is 19.4. The molecule has 0 aliphatic rings. The Kier molecular flexibility index (Phi) is 4.69. The van der Waals surface area contributed by atoms with Crippen molar-refractivity contribution < 1.29 is 40.3 Å². The van der Waals surface area contributed by atoms with E-state index in [1.165, 1.54) is 19.2 Å². The highest BCUT2D eigenvalue weighted by Gasteiger charge is 2.37. The quantitative estimate of drug-likeness (QED) is 0.615. The van der Waals surface area contributed by atoms with E-state index in [0.717, 1.165) is 0 Å². The van der Waals surface area contributed by atoms with Crippen LogP contribution in [0.25, 0.3) is 11.1 Å². The molecule has 0 fully saturated rings. The van der Waals surface area contributed by atoms with E-state index in [0.29, 0.717) is 17.9 Å². The molecule has 0 radical (unpaired) electrons. The van der Waals surface area contributed by atoms with Crippen LogP contribution in [0.4, 0.5) is 32.4 Å². The number of fused-ring (bicyclic) bond motifs is 1. The number of amides is 1. The normalized spacial score (nSPS) is 12.2. The Labute approximate surface area is 152 Å². The molecule has 0 spiro atoms. The van der Waals surface area contributed by atoms with Gasteiger partial charge in [0.25, 0.3) is 5.91 Å². The summed E-state index contributed by atoms with van der Waals surface area (Å²) in [4.78, 5) is 16.1. The van der Waals surface area contributed by atoms with Crippen molar-refractivity contribution in [2.75, 3.05) is 12.4 Å². The van der Waals surface area contributed by atoms with Crippen molar-refractivity contribution in [3.63, 3.8) is 0 Å². The van der Waals surface area contributed by atoms with Crippen molar-refractivity contribution in [3.8, 4) is 5.75 Å². The molecule has 1 N–H and O–H groups in total.